The van der Waals surface area contributed by atoms with Gasteiger partial charge in [-0.25, -0.2) is 9.97 Å². The Hall–Kier alpha value is -1.96. The molecule has 0 saturated heterocycles. The normalized spacial score (nSPS) is 18.4. The first-order valence-electron chi connectivity index (χ1n) is 6.49. The first-order valence-corrected chi connectivity index (χ1v) is 6.49. The van der Waals surface area contributed by atoms with Crippen molar-refractivity contribution in [2.75, 3.05) is 0 Å². The molecule has 1 aromatic rings. The molecule has 0 saturated carbocycles. The van der Waals surface area contributed by atoms with Crippen molar-refractivity contribution in [3.8, 4) is 0 Å². The molecule has 2 aliphatic carbocycles. The van der Waals surface area contributed by atoms with Crippen molar-refractivity contribution in [1.82, 2.24) is 9.97 Å². The maximum atomic E-state index is 4.39. The van der Waals surface area contributed by atoms with Gasteiger partial charge in [-0.1, -0.05) is 36.5 Å². The van der Waals surface area contributed by atoms with Gasteiger partial charge in [0.2, 0.25) is 0 Å². The third-order valence-corrected chi connectivity index (χ3v) is 3.30. The highest BCUT2D eigenvalue weighted by Crippen LogP contribution is 2.25. The highest BCUT2D eigenvalue weighted by atomic mass is 14.8. The van der Waals surface area contributed by atoms with Gasteiger partial charge in [-0.2, -0.15) is 0 Å². The Labute approximate surface area is 107 Å². The van der Waals surface area contributed by atoms with E-state index in [0.717, 1.165) is 37.1 Å². The summed E-state index contributed by atoms with van der Waals surface area (Å²) in [7, 11) is 0. The summed E-state index contributed by atoms with van der Waals surface area (Å²) in [6.45, 7) is 0. The van der Waals surface area contributed by atoms with E-state index in [9.17, 15) is 0 Å². The highest BCUT2D eigenvalue weighted by molar-refractivity contribution is 5.75. The molecule has 1 aromatic heterocycles. The van der Waals surface area contributed by atoms with Gasteiger partial charge < -0.3 is 0 Å². The second-order valence-electron chi connectivity index (χ2n) is 4.59. The summed E-state index contributed by atoms with van der Waals surface area (Å²) in [6.07, 6.45) is 19.2. The molecule has 2 nitrogen and oxygen atoms in total. The second kappa shape index (κ2) is 5.13. The van der Waals surface area contributed by atoms with Crippen molar-refractivity contribution in [2.24, 2.45) is 0 Å². The summed E-state index contributed by atoms with van der Waals surface area (Å²) >= 11 is 0. The van der Waals surface area contributed by atoms with Gasteiger partial charge in [0.15, 0.2) is 0 Å². The third kappa shape index (κ3) is 2.33. The molecule has 0 aliphatic heterocycles. The lowest BCUT2D eigenvalue weighted by Crippen LogP contribution is -1.97. The van der Waals surface area contributed by atoms with E-state index in [1.807, 2.05) is 0 Å². The van der Waals surface area contributed by atoms with Crippen molar-refractivity contribution >= 4 is 11.1 Å². The van der Waals surface area contributed by atoms with Crippen LogP contribution in [0.25, 0.3) is 11.1 Å². The fourth-order valence-electron chi connectivity index (χ4n) is 2.31. The molecule has 0 N–H and O–H groups in total. The van der Waals surface area contributed by atoms with Crippen molar-refractivity contribution in [2.45, 2.75) is 25.7 Å². The van der Waals surface area contributed by atoms with Gasteiger partial charge in [-0.3, -0.25) is 0 Å². The first-order chi connectivity index (χ1) is 8.93. The summed E-state index contributed by atoms with van der Waals surface area (Å²) in [5.74, 6) is 0. The van der Waals surface area contributed by atoms with E-state index in [2.05, 4.69) is 52.5 Å². The molecule has 1 heterocycles. The monoisotopic (exact) mass is 236 g/mol. The van der Waals surface area contributed by atoms with Crippen molar-refractivity contribution in [1.29, 1.82) is 0 Å². The van der Waals surface area contributed by atoms with Crippen molar-refractivity contribution < 1.29 is 0 Å². The zero-order chi connectivity index (χ0) is 12.2. The van der Waals surface area contributed by atoms with Gasteiger partial charge in [0, 0.05) is 0 Å². The third-order valence-electron chi connectivity index (χ3n) is 3.30. The number of allylic oxidation sites excluding steroid dienone is 8. The minimum atomic E-state index is 1.03. The molecule has 0 spiro atoms. The predicted molar refractivity (Wildman–Crippen MR) is 74.7 cm³/mol. The fourth-order valence-corrected chi connectivity index (χ4v) is 2.31. The Balaban J connectivity index is 1.94. The average Bonchev–Trinajstić information content (AvgIpc) is 2.49. The van der Waals surface area contributed by atoms with Crippen LogP contribution in [0.15, 0.2) is 48.8 Å². The van der Waals surface area contributed by atoms with Gasteiger partial charge in [-0.15, -0.1) is 0 Å². The average molecular weight is 236 g/mol. The smallest absolute Gasteiger partial charge is 0.116 e. The molecule has 0 fully saturated rings. The molecule has 0 atom stereocenters. The molecular weight excluding hydrogens is 220 g/mol. The van der Waals surface area contributed by atoms with Crippen LogP contribution in [0.2, 0.25) is 0 Å². The Morgan fingerprint density at radius 1 is 0.944 bits per heavy atom. The standard InChI is InChI=1S/C16H16N2/c1-3-7-13(8-4-1)15-11-16(18-12-17-15)14-9-5-2-6-10-14/h1,3,5,7,9-12H,2,4,6,8H2. The molecule has 0 bridgehead atoms. The van der Waals surface area contributed by atoms with Crippen LogP contribution in [0.3, 0.4) is 0 Å². The van der Waals surface area contributed by atoms with Gasteiger partial charge in [0.25, 0.3) is 0 Å². The molecule has 2 aliphatic rings. The van der Waals surface area contributed by atoms with Crippen LogP contribution in [0.4, 0.5) is 0 Å². The van der Waals surface area contributed by atoms with Crippen LogP contribution in [0.1, 0.15) is 37.1 Å². The van der Waals surface area contributed by atoms with Crippen LogP contribution in [-0.2, 0) is 0 Å². The Morgan fingerprint density at radius 2 is 1.89 bits per heavy atom. The number of aromatic nitrogens is 2. The summed E-state index contributed by atoms with van der Waals surface area (Å²) in [4.78, 5) is 8.78. The summed E-state index contributed by atoms with van der Waals surface area (Å²) in [5, 5.41) is 0. The van der Waals surface area contributed by atoms with Gasteiger partial charge in [0.05, 0.1) is 11.4 Å². The first kappa shape index (κ1) is 11.1. The second-order valence-corrected chi connectivity index (χ2v) is 4.59. The van der Waals surface area contributed by atoms with Crippen LogP contribution in [0, 0.1) is 0 Å². The van der Waals surface area contributed by atoms with E-state index in [1.54, 1.807) is 6.33 Å². The topological polar surface area (TPSA) is 25.8 Å². The number of rotatable bonds is 2. The maximum absolute atomic E-state index is 4.39. The van der Waals surface area contributed by atoms with Crippen LogP contribution in [-0.4, -0.2) is 9.97 Å². The Bertz CT molecular complexity index is 562. The molecule has 3 rings (SSSR count). The molecule has 0 aromatic carbocycles. The minimum Gasteiger partial charge on any atom is -0.237 e. The minimum absolute atomic E-state index is 1.03. The van der Waals surface area contributed by atoms with Gasteiger partial charge >= 0.3 is 0 Å². The van der Waals surface area contributed by atoms with Gasteiger partial charge in [-0.05, 0) is 42.9 Å². The number of nitrogens with zero attached hydrogens (tertiary/aromatic N) is 2. The molecule has 2 heteroatoms. The summed E-state index contributed by atoms with van der Waals surface area (Å²) < 4.78 is 0. The highest BCUT2D eigenvalue weighted by Gasteiger charge is 2.08. The van der Waals surface area contributed by atoms with Crippen LogP contribution < -0.4 is 0 Å². The van der Waals surface area contributed by atoms with Crippen LogP contribution in [0.5, 0.6) is 0 Å². The molecule has 90 valence electrons. The predicted octanol–water partition coefficient (Wildman–Crippen LogP) is 3.94. The largest absolute Gasteiger partial charge is 0.237 e. The number of hydrogen-bond donors (Lipinski definition) is 0. The van der Waals surface area contributed by atoms with E-state index in [-0.39, 0.29) is 0 Å². The molecule has 0 amide bonds. The Kier molecular flexibility index (Phi) is 3.18. The molecule has 18 heavy (non-hydrogen) atoms. The lowest BCUT2D eigenvalue weighted by atomic mass is 9.99. The van der Waals surface area contributed by atoms with Crippen LogP contribution >= 0.6 is 0 Å². The Morgan fingerprint density at radius 3 is 2.67 bits per heavy atom. The summed E-state index contributed by atoms with van der Waals surface area (Å²) in [5.41, 5.74) is 4.62. The zero-order valence-corrected chi connectivity index (χ0v) is 10.3. The summed E-state index contributed by atoms with van der Waals surface area (Å²) in [6, 6.07) is 2.10. The molecule has 0 unspecified atom stereocenters. The van der Waals surface area contributed by atoms with E-state index in [1.165, 1.54) is 11.1 Å². The molecular formula is C16H16N2. The maximum Gasteiger partial charge on any atom is 0.116 e. The fraction of sp³-hybridized carbons (Fsp3) is 0.250. The van der Waals surface area contributed by atoms with E-state index < -0.39 is 0 Å². The zero-order valence-electron chi connectivity index (χ0n) is 10.3. The van der Waals surface area contributed by atoms with Crippen molar-refractivity contribution in [3.05, 3.63) is 60.2 Å². The van der Waals surface area contributed by atoms with Crippen molar-refractivity contribution in [3.63, 3.8) is 0 Å². The lowest BCUT2D eigenvalue weighted by Gasteiger charge is -2.10. The number of hydrogen-bond acceptors (Lipinski definition) is 2. The lowest BCUT2D eigenvalue weighted by molar-refractivity contribution is 1.01. The molecule has 0 radical (unpaired) electrons. The van der Waals surface area contributed by atoms with Gasteiger partial charge in [0.1, 0.15) is 6.33 Å². The van der Waals surface area contributed by atoms with E-state index >= 15 is 0 Å². The SMILES string of the molecule is C1=CCCC(c2cc(C3=CCCC=C3)ncn2)=C1. The van der Waals surface area contributed by atoms with E-state index in [4.69, 9.17) is 0 Å². The quantitative estimate of drug-likeness (QED) is 0.777. The van der Waals surface area contributed by atoms with E-state index in [0.29, 0.717) is 0 Å².